The first-order valence-electron chi connectivity index (χ1n) is 10.1. The van der Waals surface area contributed by atoms with Gasteiger partial charge in [-0.15, -0.1) is 13.0 Å². The average Bonchev–Trinajstić information content (AvgIpc) is 3.10. The number of hydrogen-bond donors (Lipinski definition) is 2. The third-order valence-corrected chi connectivity index (χ3v) is 5.26. The molecule has 0 spiro atoms. The number of carboxylic acids is 1. The molecule has 0 radical (unpaired) electrons. The Morgan fingerprint density at radius 2 is 1.75 bits per heavy atom. The molecule has 0 heterocycles. The Bertz CT molecular complexity index is 1030. The van der Waals surface area contributed by atoms with Gasteiger partial charge in [0.1, 0.15) is 19.2 Å². The summed E-state index contributed by atoms with van der Waals surface area (Å²) in [5, 5.41) is 11.5. The maximum atomic E-state index is 12.7. The van der Waals surface area contributed by atoms with Gasteiger partial charge in [0.2, 0.25) is 5.91 Å². The first kappa shape index (κ1) is 22.6. The van der Waals surface area contributed by atoms with E-state index in [0.29, 0.717) is 0 Å². The summed E-state index contributed by atoms with van der Waals surface area (Å²) in [6.07, 6.45) is 6.03. The van der Waals surface area contributed by atoms with Crippen LogP contribution in [0.4, 0.5) is 4.79 Å². The van der Waals surface area contributed by atoms with E-state index in [9.17, 15) is 14.4 Å². The molecule has 0 fully saturated rings. The molecule has 164 valence electrons. The van der Waals surface area contributed by atoms with Gasteiger partial charge >= 0.3 is 12.1 Å². The Balaban J connectivity index is 1.69. The van der Waals surface area contributed by atoms with Gasteiger partial charge in [-0.2, -0.15) is 0 Å². The molecule has 2 aromatic carbocycles. The van der Waals surface area contributed by atoms with Gasteiger partial charge in [0, 0.05) is 5.92 Å². The van der Waals surface area contributed by atoms with Crippen molar-refractivity contribution in [3.05, 3.63) is 72.3 Å². The number of amides is 2. The maximum Gasteiger partial charge on any atom is 0.407 e. The molecule has 2 N–H and O–H groups in total. The van der Waals surface area contributed by atoms with Crippen LogP contribution in [0.15, 0.2) is 61.2 Å². The number of nitrogens with zero attached hydrogens (tertiary/aromatic N) is 1. The fourth-order valence-electron chi connectivity index (χ4n) is 3.88. The third kappa shape index (κ3) is 4.98. The molecule has 2 amide bonds. The molecule has 0 saturated carbocycles. The number of carbonyl (C=O) groups excluding carboxylic acids is 2. The van der Waals surface area contributed by atoms with Crippen molar-refractivity contribution in [3.63, 3.8) is 0 Å². The minimum Gasteiger partial charge on any atom is -0.480 e. The van der Waals surface area contributed by atoms with Crippen molar-refractivity contribution >= 4 is 18.0 Å². The van der Waals surface area contributed by atoms with E-state index in [1.807, 2.05) is 48.5 Å². The van der Waals surface area contributed by atoms with Crippen LogP contribution < -0.4 is 5.32 Å². The molecule has 2 aromatic rings. The molecular weight excluding hydrogens is 408 g/mol. The molecule has 1 aliphatic carbocycles. The van der Waals surface area contributed by atoms with E-state index in [2.05, 4.69) is 17.8 Å². The number of carboxylic acid groups (broad SMARTS) is 1. The summed E-state index contributed by atoms with van der Waals surface area (Å²) in [7, 11) is 0. The fraction of sp³-hybridized carbons (Fsp3) is 0.240. The lowest BCUT2D eigenvalue weighted by atomic mass is 9.98. The van der Waals surface area contributed by atoms with Crippen LogP contribution in [0.3, 0.4) is 0 Å². The summed E-state index contributed by atoms with van der Waals surface area (Å²) in [5.74, 6) is 0.325. The first-order chi connectivity index (χ1) is 15.5. The maximum absolute atomic E-state index is 12.7. The quantitative estimate of drug-likeness (QED) is 0.469. The smallest absolute Gasteiger partial charge is 0.407 e. The molecule has 0 aliphatic heterocycles. The van der Waals surface area contributed by atoms with E-state index >= 15 is 0 Å². The first-order valence-corrected chi connectivity index (χ1v) is 10.1. The zero-order chi connectivity index (χ0) is 23.1. The summed E-state index contributed by atoms with van der Waals surface area (Å²) < 4.78 is 5.48. The number of terminal acetylenes is 1. The van der Waals surface area contributed by atoms with Crippen molar-refractivity contribution in [1.82, 2.24) is 10.2 Å². The van der Waals surface area contributed by atoms with Crippen LogP contribution in [0.1, 0.15) is 23.5 Å². The molecule has 0 bridgehead atoms. The predicted octanol–water partition coefficient (Wildman–Crippen LogP) is 3.02. The average molecular weight is 432 g/mol. The van der Waals surface area contributed by atoms with Crippen LogP contribution in [0.5, 0.6) is 0 Å². The zero-order valence-corrected chi connectivity index (χ0v) is 17.5. The van der Waals surface area contributed by atoms with Gasteiger partial charge in [0.25, 0.3) is 0 Å². The highest BCUT2D eigenvalue weighted by Crippen LogP contribution is 2.44. The van der Waals surface area contributed by atoms with Crippen molar-refractivity contribution in [2.45, 2.75) is 18.4 Å². The molecular formula is C25H24N2O5. The number of hydrogen-bond acceptors (Lipinski definition) is 4. The van der Waals surface area contributed by atoms with Gasteiger partial charge in [-0.25, -0.2) is 4.79 Å². The highest BCUT2D eigenvalue weighted by Gasteiger charge is 2.30. The molecule has 32 heavy (non-hydrogen) atoms. The van der Waals surface area contributed by atoms with E-state index in [-0.39, 0.29) is 25.5 Å². The Morgan fingerprint density at radius 1 is 1.16 bits per heavy atom. The zero-order valence-electron chi connectivity index (χ0n) is 17.5. The van der Waals surface area contributed by atoms with Gasteiger partial charge in [-0.1, -0.05) is 60.5 Å². The van der Waals surface area contributed by atoms with Crippen molar-refractivity contribution in [1.29, 1.82) is 0 Å². The Hall–Kier alpha value is -4.05. The Morgan fingerprint density at radius 3 is 2.28 bits per heavy atom. The molecule has 0 saturated heterocycles. The molecule has 3 rings (SSSR count). The largest absolute Gasteiger partial charge is 0.480 e. The van der Waals surface area contributed by atoms with Crippen molar-refractivity contribution in [2.24, 2.45) is 0 Å². The number of fused-ring (bicyclic) bond motifs is 3. The number of rotatable bonds is 9. The Kier molecular flexibility index (Phi) is 7.29. The van der Waals surface area contributed by atoms with Crippen LogP contribution in [0.2, 0.25) is 0 Å². The number of aliphatic carboxylic acids is 1. The SMILES string of the molecule is C#CCN(CC(=O)O)C(=O)C(CC=C)NC(=O)OCC1c2ccccc2-c2ccccc21. The number of ether oxygens (including phenoxy) is 1. The minimum absolute atomic E-state index is 0.0953. The van der Waals surface area contributed by atoms with Crippen molar-refractivity contribution in [3.8, 4) is 23.5 Å². The summed E-state index contributed by atoms with van der Waals surface area (Å²) in [6, 6.07) is 14.9. The molecule has 1 aliphatic rings. The molecule has 1 atom stereocenters. The topological polar surface area (TPSA) is 95.9 Å². The van der Waals surface area contributed by atoms with E-state index in [4.69, 9.17) is 16.3 Å². The minimum atomic E-state index is -1.20. The second kappa shape index (κ2) is 10.3. The van der Waals surface area contributed by atoms with Crippen LogP contribution in [0.25, 0.3) is 11.1 Å². The van der Waals surface area contributed by atoms with Crippen LogP contribution in [-0.4, -0.2) is 53.7 Å². The van der Waals surface area contributed by atoms with Gasteiger partial charge in [0.05, 0.1) is 6.54 Å². The lowest BCUT2D eigenvalue weighted by Crippen LogP contribution is -2.50. The lowest BCUT2D eigenvalue weighted by Gasteiger charge is -2.24. The van der Waals surface area contributed by atoms with Crippen molar-refractivity contribution in [2.75, 3.05) is 19.7 Å². The van der Waals surface area contributed by atoms with Gasteiger partial charge < -0.3 is 20.1 Å². The summed E-state index contributed by atoms with van der Waals surface area (Å²) in [6.45, 7) is 2.94. The lowest BCUT2D eigenvalue weighted by molar-refractivity contribution is -0.144. The Labute approximate surface area is 186 Å². The van der Waals surface area contributed by atoms with E-state index in [0.717, 1.165) is 27.2 Å². The van der Waals surface area contributed by atoms with Crippen LogP contribution >= 0.6 is 0 Å². The second-order valence-corrected chi connectivity index (χ2v) is 7.34. The molecule has 1 unspecified atom stereocenters. The molecule has 7 nitrogen and oxygen atoms in total. The summed E-state index contributed by atoms with van der Waals surface area (Å²) >= 11 is 0. The van der Waals surface area contributed by atoms with Crippen LogP contribution in [0, 0.1) is 12.3 Å². The van der Waals surface area contributed by atoms with Gasteiger partial charge in [-0.05, 0) is 28.7 Å². The summed E-state index contributed by atoms with van der Waals surface area (Å²) in [4.78, 5) is 37.3. The number of benzene rings is 2. The summed E-state index contributed by atoms with van der Waals surface area (Å²) in [5.41, 5.74) is 4.36. The third-order valence-electron chi connectivity index (χ3n) is 5.26. The van der Waals surface area contributed by atoms with E-state index in [1.54, 1.807) is 0 Å². The highest BCUT2D eigenvalue weighted by atomic mass is 16.5. The number of alkyl carbamates (subject to hydrolysis) is 1. The second-order valence-electron chi connectivity index (χ2n) is 7.34. The fourth-order valence-corrected chi connectivity index (χ4v) is 3.88. The predicted molar refractivity (Wildman–Crippen MR) is 120 cm³/mol. The number of carbonyl (C=O) groups is 3. The standard InChI is InChI=1S/C25H24N2O5/c1-3-9-22(24(30)27(14-4-2)15-23(28)29)26-25(31)32-16-21-19-12-7-5-10-17(19)18-11-6-8-13-20(18)21/h2-3,5-8,10-13,21-22H,1,9,14-16H2,(H,26,31)(H,28,29). The molecule has 0 aromatic heterocycles. The van der Waals surface area contributed by atoms with E-state index in [1.165, 1.54) is 6.08 Å². The molecule has 7 heteroatoms. The number of nitrogens with one attached hydrogen (secondary N) is 1. The van der Waals surface area contributed by atoms with Crippen LogP contribution in [-0.2, 0) is 14.3 Å². The monoisotopic (exact) mass is 432 g/mol. The van der Waals surface area contributed by atoms with Crippen molar-refractivity contribution < 1.29 is 24.2 Å². The van der Waals surface area contributed by atoms with Gasteiger partial charge in [0.15, 0.2) is 0 Å². The normalized spacial score (nSPS) is 12.6. The highest BCUT2D eigenvalue weighted by molar-refractivity contribution is 5.88. The van der Waals surface area contributed by atoms with Gasteiger partial charge in [-0.3, -0.25) is 9.59 Å². The van der Waals surface area contributed by atoms with E-state index < -0.39 is 30.6 Å².